The number of ether oxygens (including phenoxy) is 3. The van der Waals surface area contributed by atoms with Gasteiger partial charge in [-0.15, -0.1) is 0 Å². The predicted octanol–water partition coefficient (Wildman–Crippen LogP) is 4.10. The van der Waals surface area contributed by atoms with Gasteiger partial charge in [-0.05, 0) is 12.1 Å². The molecule has 2 aromatic heterocycles. The van der Waals surface area contributed by atoms with Crippen molar-refractivity contribution in [2.75, 3.05) is 39.7 Å². The number of benzene rings is 1. The lowest BCUT2D eigenvalue weighted by Crippen LogP contribution is -2.29. The molecule has 0 bridgehead atoms. The molecule has 0 radical (unpaired) electrons. The average Bonchev–Trinajstić information content (AvgIpc) is 3.20. The van der Waals surface area contributed by atoms with Gasteiger partial charge < -0.3 is 29.8 Å². The molecule has 0 saturated heterocycles. The molecule has 12 heteroatoms. The number of anilines is 1. The number of nitrogens with zero attached hydrogens (tertiary/aromatic N) is 1. The van der Waals surface area contributed by atoms with Crippen LogP contribution in [0.3, 0.4) is 0 Å². The van der Waals surface area contributed by atoms with Crippen molar-refractivity contribution < 1.29 is 32.2 Å². The molecular weight excluding hydrogens is 453 g/mol. The van der Waals surface area contributed by atoms with E-state index in [9.17, 15) is 18.0 Å². The molecule has 0 atom stereocenters. The van der Waals surface area contributed by atoms with Crippen LogP contribution in [0.4, 0.5) is 19.0 Å². The third kappa shape index (κ3) is 4.77. The maximum atomic E-state index is 12.7. The molecule has 1 aromatic carbocycles. The molecule has 0 aliphatic heterocycles. The van der Waals surface area contributed by atoms with E-state index >= 15 is 0 Å². The van der Waals surface area contributed by atoms with Gasteiger partial charge in [0, 0.05) is 30.7 Å². The lowest BCUT2D eigenvalue weighted by molar-refractivity contribution is -0.137. The molecule has 0 saturated carbocycles. The van der Waals surface area contributed by atoms with Crippen molar-refractivity contribution in [1.82, 2.24) is 15.3 Å². The molecule has 3 N–H and O–H groups in total. The van der Waals surface area contributed by atoms with Gasteiger partial charge in [0.25, 0.3) is 5.91 Å². The molecule has 32 heavy (non-hydrogen) atoms. The molecule has 0 unspecified atom stereocenters. The molecule has 2 heterocycles. The first-order valence-corrected chi connectivity index (χ1v) is 9.63. The Morgan fingerprint density at radius 1 is 1.09 bits per heavy atom. The second-order valence-corrected chi connectivity index (χ2v) is 6.93. The third-order valence-corrected chi connectivity index (χ3v) is 4.84. The fourth-order valence-corrected chi connectivity index (χ4v) is 3.27. The quantitative estimate of drug-likeness (QED) is 0.427. The second-order valence-electron chi connectivity index (χ2n) is 6.52. The molecule has 0 aliphatic carbocycles. The van der Waals surface area contributed by atoms with Gasteiger partial charge in [-0.2, -0.15) is 13.2 Å². The molecule has 1 amide bonds. The number of aromatic nitrogens is 2. The van der Waals surface area contributed by atoms with E-state index in [2.05, 4.69) is 20.6 Å². The predicted molar refractivity (Wildman–Crippen MR) is 113 cm³/mol. The summed E-state index contributed by atoms with van der Waals surface area (Å²) >= 11 is 5.85. The Kier molecular flexibility index (Phi) is 6.87. The monoisotopic (exact) mass is 472 g/mol. The summed E-state index contributed by atoms with van der Waals surface area (Å²) in [5.41, 5.74) is -0.147. The van der Waals surface area contributed by atoms with Crippen LogP contribution >= 0.6 is 11.6 Å². The molecule has 0 fully saturated rings. The number of amides is 1. The number of H-pyrrole nitrogens is 1. The van der Waals surface area contributed by atoms with E-state index in [1.807, 2.05) is 0 Å². The summed E-state index contributed by atoms with van der Waals surface area (Å²) in [5.74, 6) is 1.04. The van der Waals surface area contributed by atoms with Crippen LogP contribution in [-0.2, 0) is 6.18 Å². The van der Waals surface area contributed by atoms with Gasteiger partial charge in [-0.25, -0.2) is 4.98 Å². The number of alkyl halides is 3. The zero-order chi connectivity index (χ0) is 23.5. The summed E-state index contributed by atoms with van der Waals surface area (Å²) in [6.45, 7) is 0.343. The Labute approximate surface area is 186 Å². The molecule has 0 aliphatic rings. The van der Waals surface area contributed by atoms with Crippen molar-refractivity contribution in [2.24, 2.45) is 0 Å². The fraction of sp³-hybridized carbons (Fsp3) is 0.300. The minimum atomic E-state index is -4.53. The maximum Gasteiger partial charge on any atom is 0.417 e. The van der Waals surface area contributed by atoms with Crippen molar-refractivity contribution in [3.63, 3.8) is 0 Å². The van der Waals surface area contributed by atoms with Crippen LogP contribution in [0.2, 0.25) is 5.02 Å². The number of hydrogen-bond acceptors (Lipinski definition) is 6. The number of carbonyl (C=O) groups excluding carboxylic acids is 1. The first-order valence-electron chi connectivity index (χ1n) is 9.26. The summed E-state index contributed by atoms with van der Waals surface area (Å²) < 4.78 is 54.1. The SMILES string of the molecule is COc1cc(OC)c2cc(C(=O)NCCNc3ncc(C(F)(F)F)cc3Cl)[nH]c2c1OC. The Morgan fingerprint density at radius 2 is 1.81 bits per heavy atom. The van der Waals surface area contributed by atoms with Crippen LogP contribution in [0.1, 0.15) is 16.1 Å². The highest BCUT2D eigenvalue weighted by Gasteiger charge is 2.31. The highest BCUT2D eigenvalue weighted by atomic mass is 35.5. The number of methoxy groups -OCH3 is 3. The number of nitrogens with one attached hydrogen (secondary N) is 3. The Morgan fingerprint density at radius 3 is 2.41 bits per heavy atom. The minimum Gasteiger partial charge on any atom is -0.496 e. The van der Waals surface area contributed by atoms with Gasteiger partial charge in [-0.1, -0.05) is 11.6 Å². The summed E-state index contributed by atoms with van der Waals surface area (Å²) in [5, 5.41) is 5.94. The lowest BCUT2D eigenvalue weighted by atomic mass is 10.2. The van der Waals surface area contributed by atoms with Crippen LogP contribution in [0, 0.1) is 0 Å². The van der Waals surface area contributed by atoms with E-state index in [1.54, 1.807) is 12.1 Å². The number of hydrogen-bond donors (Lipinski definition) is 3. The van der Waals surface area contributed by atoms with Crippen molar-refractivity contribution in [3.8, 4) is 17.2 Å². The minimum absolute atomic E-state index is 0.0843. The second kappa shape index (κ2) is 9.43. The Bertz CT molecular complexity index is 1130. The van der Waals surface area contributed by atoms with Crippen LogP contribution in [0.15, 0.2) is 24.4 Å². The normalized spacial score (nSPS) is 11.3. The number of halogens is 4. The molecular formula is C20H20ClF3N4O4. The van der Waals surface area contributed by atoms with Gasteiger partial charge in [0.2, 0.25) is 0 Å². The molecule has 3 aromatic rings. The first kappa shape index (κ1) is 23.3. The van der Waals surface area contributed by atoms with Crippen molar-refractivity contribution >= 4 is 34.2 Å². The van der Waals surface area contributed by atoms with E-state index < -0.39 is 17.6 Å². The molecule has 3 rings (SSSR count). The smallest absolute Gasteiger partial charge is 0.417 e. The lowest BCUT2D eigenvalue weighted by Gasteiger charge is -2.11. The van der Waals surface area contributed by atoms with Gasteiger partial charge in [0.1, 0.15) is 17.3 Å². The van der Waals surface area contributed by atoms with Crippen LogP contribution in [-0.4, -0.2) is 50.3 Å². The first-order chi connectivity index (χ1) is 15.2. The van der Waals surface area contributed by atoms with Gasteiger partial charge in [0.05, 0.1) is 37.4 Å². The zero-order valence-electron chi connectivity index (χ0n) is 17.3. The van der Waals surface area contributed by atoms with E-state index in [4.69, 9.17) is 25.8 Å². The highest BCUT2D eigenvalue weighted by molar-refractivity contribution is 6.33. The number of aromatic amines is 1. The van der Waals surface area contributed by atoms with E-state index in [1.165, 1.54) is 21.3 Å². The summed E-state index contributed by atoms with van der Waals surface area (Å²) in [6.07, 6.45) is -3.84. The van der Waals surface area contributed by atoms with E-state index in [0.717, 1.165) is 6.07 Å². The van der Waals surface area contributed by atoms with E-state index in [0.29, 0.717) is 34.3 Å². The van der Waals surface area contributed by atoms with Gasteiger partial charge in [-0.3, -0.25) is 4.79 Å². The number of pyridine rings is 1. The summed E-state index contributed by atoms with van der Waals surface area (Å²) in [4.78, 5) is 19.2. The number of fused-ring (bicyclic) bond motifs is 1. The Balaban J connectivity index is 1.67. The molecule has 0 spiro atoms. The van der Waals surface area contributed by atoms with Crippen molar-refractivity contribution in [3.05, 3.63) is 40.7 Å². The summed E-state index contributed by atoms with van der Waals surface area (Å²) in [7, 11) is 4.47. The fourth-order valence-electron chi connectivity index (χ4n) is 3.03. The third-order valence-electron chi connectivity index (χ3n) is 4.56. The highest BCUT2D eigenvalue weighted by Crippen LogP contribution is 2.41. The largest absolute Gasteiger partial charge is 0.496 e. The van der Waals surface area contributed by atoms with E-state index in [-0.39, 0.29) is 29.6 Å². The zero-order valence-corrected chi connectivity index (χ0v) is 18.1. The number of carbonyl (C=O) groups is 1. The van der Waals surface area contributed by atoms with Crippen LogP contribution in [0.25, 0.3) is 10.9 Å². The van der Waals surface area contributed by atoms with Gasteiger partial charge in [0.15, 0.2) is 11.5 Å². The number of rotatable bonds is 8. The molecule has 172 valence electrons. The maximum absolute atomic E-state index is 12.7. The molecule has 8 nitrogen and oxygen atoms in total. The Hall–Kier alpha value is -3.34. The van der Waals surface area contributed by atoms with Crippen molar-refractivity contribution in [2.45, 2.75) is 6.18 Å². The van der Waals surface area contributed by atoms with Crippen molar-refractivity contribution in [1.29, 1.82) is 0 Å². The van der Waals surface area contributed by atoms with Crippen LogP contribution in [0.5, 0.6) is 17.2 Å². The topological polar surface area (TPSA) is 97.5 Å². The van der Waals surface area contributed by atoms with Crippen LogP contribution < -0.4 is 24.8 Å². The van der Waals surface area contributed by atoms with Gasteiger partial charge >= 0.3 is 6.18 Å². The average molecular weight is 473 g/mol. The summed E-state index contributed by atoms with van der Waals surface area (Å²) in [6, 6.07) is 4.06. The standard InChI is InChI=1S/C20H20ClF3N4O4/c1-30-14-8-15(31-2)17(32-3)16-11(14)7-13(28-16)19(29)26-5-4-25-18-12(21)6-10(9-27-18)20(22,23)24/h6-9,28H,4-5H2,1-3H3,(H,25,27)(H,26,29).